The summed E-state index contributed by atoms with van der Waals surface area (Å²) >= 11 is 0. The van der Waals surface area contributed by atoms with E-state index in [0.717, 1.165) is 27.6 Å². The molecule has 2 rings (SSSR count). The lowest BCUT2D eigenvalue weighted by Gasteiger charge is -2.09. The van der Waals surface area contributed by atoms with Crippen LogP contribution in [-0.2, 0) is 7.05 Å². The predicted octanol–water partition coefficient (Wildman–Crippen LogP) is 1.33. The van der Waals surface area contributed by atoms with Gasteiger partial charge in [-0.05, 0) is 37.1 Å². The zero-order chi connectivity index (χ0) is 14.2. The van der Waals surface area contributed by atoms with Gasteiger partial charge < -0.3 is 17.2 Å². The van der Waals surface area contributed by atoms with Gasteiger partial charge in [0.1, 0.15) is 0 Å². The normalized spacial score (nSPS) is 12.4. The second-order valence-electron chi connectivity index (χ2n) is 4.71. The summed E-state index contributed by atoms with van der Waals surface area (Å²) < 4.78 is 1.80. The summed E-state index contributed by atoms with van der Waals surface area (Å²) in [5.74, 6) is 0.251. The summed E-state index contributed by atoms with van der Waals surface area (Å²) in [7, 11) is 1.90. The number of benzene rings is 1. The second kappa shape index (κ2) is 4.68. The summed E-state index contributed by atoms with van der Waals surface area (Å²) in [4.78, 5) is 0. The first-order chi connectivity index (χ1) is 8.90. The van der Waals surface area contributed by atoms with E-state index in [1.54, 1.807) is 10.8 Å². The van der Waals surface area contributed by atoms with Crippen LogP contribution < -0.4 is 17.2 Å². The van der Waals surface area contributed by atoms with Crippen molar-refractivity contribution in [1.82, 2.24) is 9.78 Å². The average molecular weight is 257 g/mol. The van der Waals surface area contributed by atoms with Crippen LogP contribution in [0.4, 0.5) is 0 Å². The van der Waals surface area contributed by atoms with E-state index < -0.39 is 0 Å². The molecule has 1 heterocycles. The Kier molecular flexibility index (Phi) is 3.21. The molecule has 0 aliphatic rings. The molecule has 0 spiro atoms. The molecule has 0 saturated carbocycles. The van der Waals surface area contributed by atoms with Crippen LogP contribution in [0.1, 0.15) is 18.1 Å². The van der Waals surface area contributed by atoms with Crippen molar-refractivity contribution in [3.63, 3.8) is 0 Å². The van der Waals surface area contributed by atoms with Crippen molar-refractivity contribution in [3.8, 4) is 0 Å². The summed E-state index contributed by atoms with van der Waals surface area (Å²) in [6.07, 6.45) is 3.66. The monoisotopic (exact) mass is 257 g/mol. The number of fused-ring (bicyclic) bond motifs is 1. The minimum Gasteiger partial charge on any atom is -0.398 e. The first-order valence-electron chi connectivity index (χ1n) is 6.02. The molecule has 2 aromatic rings. The van der Waals surface area contributed by atoms with E-state index >= 15 is 0 Å². The summed E-state index contributed by atoms with van der Waals surface area (Å²) in [6.45, 7) is 3.93. The highest BCUT2D eigenvalue weighted by Crippen LogP contribution is 2.25. The molecular weight excluding hydrogens is 238 g/mol. The number of hydrogen-bond donors (Lipinski definition) is 3. The predicted molar refractivity (Wildman–Crippen MR) is 78.7 cm³/mol. The van der Waals surface area contributed by atoms with Crippen LogP contribution in [0.2, 0.25) is 0 Å². The molecule has 0 amide bonds. The Morgan fingerprint density at radius 1 is 1.26 bits per heavy atom. The van der Waals surface area contributed by atoms with Gasteiger partial charge in [-0.25, -0.2) is 0 Å². The standard InChI is InChI=1S/C14H19N5/c1-8(6-13(15)16)14(17)10-4-5-12-11(9(10)2)7-19(3)18-12/h4-7H,15-17H2,1-3H3/b14-8-. The number of allylic oxidation sites excluding steroid dienone is 2. The third kappa shape index (κ3) is 2.40. The van der Waals surface area contributed by atoms with Crippen LogP contribution in [0.15, 0.2) is 35.8 Å². The lowest BCUT2D eigenvalue weighted by molar-refractivity contribution is 0.779. The van der Waals surface area contributed by atoms with E-state index in [0.29, 0.717) is 5.70 Å². The second-order valence-corrected chi connectivity index (χ2v) is 4.71. The van der Waals surface area contributed by atoms with Crippen molar-refractivity contribution in [1.29, 1.82) is 0 Å². The fourth-order valence-electron chi connectivity index (χ4n) is 2.18. The van der Waals surface area contributed by atoms with Crippen LogP contribution in [-0.4, -0.2) is 9.78 Å². The molecule has 0 bridgehead atoms. The number of hydrogen-bond acceptors (Lipinski definition) is 4. The average Bonchev–Trinajstić information content (AvgIpc) is 2.69. The van der Waals surface area contributed by atoms with Gasteiger partial charge in [0.15, 0.2) is 0 Å². The van der Waals surface area contributed by atoms with Gasteiger partial charge in [-0.3, -0.25) is 4.68 Å². The smallest absolute Gasteiger partial charge is 0.0936 e. The molecule has 0 radical (unpaired) electrons. The van der Waals surface area contributed by atoms with Crippen molar-refractivity contribution in [2.24, 2.45) is 24.2 Å². The maximum absolute atomic E-state index is 6.18. The molecule has 0 atom stereocenters. The van der Waals surface area contributed by atoms with Crippen LogP contribution in [0, 0.1) is 6.92 Å². The number of nitrogens with zero attached hydrogens (tertiary/aromatic N) is 2. The fraction of sp³-hybridized carbons (Fsp3) is 0.214. The number of rotatable bonds is 2. The topological polar surface area (TPSA) is 95.9 Å². The SMILES string of the molecule is C/C(C=C(N)N)=C(/N)c1ccc2nn(C)cc2c1C. The molecule has 5 heteroatoms. The van der Waals surface area contributed by atoms with Crippen LogP contribution in [0.5, 0.6) is 0 Å². The zero-order valence-electron chi connectivity index (χ0n) is 11.4. The van der Waals surface area contributed by atoms with Crippen molar-refractivity contribution >= 4 is 16.6 Å². The Morgan fingerprint density at radius 3 is 2.58 bits per heavy atom. The molecular formula is C14H19N5. The van der Waals surface area contributed by atoms with E-state index in [2.05, 4.69) is 5.10 Å². The molecule has 0 aliphatic carbocycles. The van der Waals surface area contributed by atoms with E-state index in [4.69, 9.17) is 17.2 Å². The minimum atomic E-state index is 0.251. The van der Waals surface area contributed by atoms with Crippen LogP contribution >= 0.6 is 0 Å². The lowest BCUT2D eigenvalue weighted by Crippen LogP contribution is -2.09. The molecule has 1 aromatic carbocycles. The molecule has 0 saturated heterocycles. The molecule has 1 aromatic heterocycles. The van der Waals surface area contributed by atoms with Gasteiger partial charge in [-0.1, -0.05) is 6.07 Å². The highest BCUT2D eigenvalue weighted by atomic mass is 15.2. The van der Waals surface area contributed by atoms with Gasteiger partial charge in [0, 0.05) is 29.9 Å². The van der Waals surface area contributed by atoms with Crippen molar-refractivity contribution < 1.29 is 0 Å². The van der Waals surface area contributed by atoms with Gasteiger partial charge in [-0.15, -0.1) is 0 Å². The van der Waals surface area contributed by atoms with Crippen LogP contribution in [0.25, 0.3) is 16.6 Å². The molecule has 5 nitrogen and oxygen atoms in total. The molecule has 100 valence electrons. The van der Waals surface area contributed by atoms with Gasteiger partial charge in [0.2, 0.25) is 0 Å². The Morgan fingerprint density at radius 2 is 1.95 bits per heavy atom. The fourth-order valence-corrected chi connectivity index (χ4v) is 2.18. The van der Waals surface area contributed by atoms with Gasteiger partial charge in [0.05, 0.1) is 11.3 Å². The van der Waals surface area contributed by atoms with Gasteiger partial charge in [0.25, 0.3) is 0 Å². The molecule has 19 heavy (non-hydrogen) atoms. The Bertz CT molecular complexity index is 687. The third-order valence-electron chi connectivity index (χ3n) is 3.17. The number of nitrogens with two attached hydrogens (primary N) is 3. The maximum atomic E-state index is 6.18. The first kappa shape index (κ1) is 13.0. The molecule has 6 N–H and O–H groups in total. The Balaban J connectivity index is 2.63. The maximum Gasteiger partial charge on any atom is 0.0936 e. The summed E-state index contributed by atoms with van der Waals surface area (Å²) in [5, 5.41) is 5.47. The van der Waals surface area contributed by atoms with Crippen molar-refractivity contribution in [2.45, 2.75) is 13.8 Å². The minimum absolute atomic E-state index is 0.251. The zero-order valence-corrected chi connectivity index (χ0v) is 11.4. The Labute approximate surface area is 112 Å². The van der Waals surface area contributed by atoms with Crippen LogP contribution in [0.3, 0.4) is 0 Å². The van der Waals surface area contributed by atoms with Crippen molar-refractivity contribution in [3.05, 3.63) is 46.9 Å². The van der Waals surface area contributed by atoms with Gasteiger partial charge in [-0.2, -0.15) is 5.10 Å². The first-order valence-corrected chi connectivity index (χ1v) is 6.02. The molecule has 0 aliphatic heterocycles. The van der Waals surface area contributed by atoms with E-state index in [-0.39, 0.29) is 5.82 Å². The number of aryl methyl sites for hydroxylation is 2. The highest BCUT2D eigenvalue weighted by Gasteiger charge is 2.09. The van der Waals surface area contributed by atoms with E-state index in [1.165, 1.54) is 0 Å². The molecule has 0 unspecified atom stereocenters. The molecule has 0 fully saturated rings. The summed E-state index contributed by atoms with van der Waals surface area (Å²) in [5.41, 5.74) is 21.7. The van der Waals surface area contributed by atoms with Gasteiger partial charge >= 0.3 is 0 Å². The van der Waals surface area contributed by atoms with E-state index in [1.807, 2.05) is 39.2 Å². The lowest BCUT2D eigenvalue weighted by atomic mass is 9.99. The largest absolute Gasteiger partial charge is 0.398 e. The Hall–Kier alpha value is -2.43. The summed E-state index contributed by atoms with van der Waals surface area (Å²) in [6, 6.07) is 3.94. The number of aromatic nitrogens is 2. The third-order valence-corrected chi connectivity index (χ3v) is 3.17. The van der Waals surface area contributed by atoms with E-state index in [9.17, 15) is 0 Å². The van der Waals surface area contributed by atoms with Crippen molar-refractivity contribution in [2.75, 3.05) is 0 Å². The quantitative estimate of drug-likeness (QED) is 0.707. The highest BCUT2D eigenvalue weighted by molar-refractivity contribution is 5.87.